The third-order valence-corrected chi connectivity index (χ3v) is 7.62. The zero-order chi connectivity index (χ0) is 20.9. The lowest BCUT2D eigenvalue weighted by Gasteiger charge is -2.09. The van der Waals surface area contributed by atoms with E-state index in [1.54, 1.807) is 18.4 Å². The summed E-state index contributed by atoms with van der Waals surface area (Å²) in [7, 11) is -2.19. The Balaban J connectivity index is 1.34. The minimum absolute atomic E-state index is 0.0913. The molecule has 0 aliphatic heterocycles. The van der Waals surface area contributed by atoms with Crippen LogP contribution in [-0.2, 0) is 23.6 Å². The molecule has 30 heavy (non-hydrogen) atoms. The van der Waals surface area contributed by atoms with Gasteiger partial charge in [0.2, 0.25) is 10.0 Å². The van der Waals surface area contributed by atoms with Gasteiger partial charge in [0.05, 0.1) is 21.8 Å². The van der Waals surface area contributed by atoms with E-state index in [4.69, 9.17) is 9.52 Å². The van der Waals surface area contributed by atoms with E-state index in [1.807, 2.05) is 22.2 Å². The summed E-state index contributed by atoms with van der Waals surface area (Å²) < 4.78 is 36.4. The van der Waals surface area contributed by atoms with Crippen molar-refractivity contribution in [3.63, 3.8) is 0 Å². The molecule has 5 rings (SSSR count). The van der Waals surface area contributed by atoms with Crippen molar-refractivity contribution < 1.29 is 12.8 Å². The Bertz CT molecular complexity index is 1380. The Hall–Kier alpha value is -2.69. The molecule has 1 aliphatic rings. The SMILES string of the molecule is Cn1c(=O)oc2ccc(S(=O)(=O)NCCn3nc(-c4cccs4)cc3C3CC3)cc21. The highest BCUT2D eigenvalue weighted by Crippen LogP contribution is 2.41. The van der Waals surface area contributed by atoms with Gasteiger partial charge >= 0.3 is 5.76 Å². The molecule has 1 aliphatic carbocycles. The molecule has 156 valence electrons. The fourth-order valence-corrected chi connectivity index (χ4v) is 5.23. The molecule has 1 fully saturated rings. The van der Waals surface area contributed by atoms with Crippen LogP contribution >= 0.6 is 11.3 Å². The van der Waals surface area contributed by atoms with Crippen molar-refractivity contribution in [3.05, 3.63) is 58.0 Å². The van der Waals surface area contributed by atoms with E-state index >= 15 is 0 Å². The third-order valence-electron chi connectivity index (χ3n) is 5.27. The number of aromatic nitrogens is 3. The Morgan fingerprint density at radius 1 is 1.27 bits per heavy atom. The molecule has 0 unspecified atom stereocenters. The van der Waals surface area contributed by atoms with Crippen molar-refractivity contribution >= 4 is 32.5 Å². The average molecular weight is 445 g/mol. The molecule has 8 nitrogen and oxygen atoms in total. The Labute approximate surface area is 176 Å². The first-order chi connectivity index (χ1) is 14.4. The number of nitrogens with one attached hydrogen (secondary N) is 1. The Kier molecular flexibility index (Phi) is 4.64. The second kappa shape index (κ2) is 7.22. The second-order valence-electron chi connectivity index (χ2n) is 7.38. The van der Waals surface area contributed by atoms with Gasteiger partial charge in [-0.15, -0.1) is 11.3 Å². The normalized spacial score (nSPS) is 14.6. The van der Waals surface area contributed by atoms with Crippen molar-refractivity contribution in [1.82, 2.24) is 19.1 Å². The first-order valence-electron chi connectivity index (χ1n) is 9.63. The molecule has 1 N–H and O–H groups in total. The van der Waals surface area contributed by atoms with E-state index < -0.39 is 15.8 Å². The van der Waals surface area contributed by atoms with Gasteiger partial charge in [-0.2, -0.15) is 5.10 Å². The van der Waals surface area contributed by atoms with Gasteiger partial charge < -0.3 is 4.42 Å². The van der Waals surface area contributed by atoms with Crippen LogP contribution in [0.3, 0.4) is 0 Å². The molecule has 0 amide bonds. The van der Waals surface area contributed by atoms with Crippen molar-refractivity contribution in [2.24, 2.45) is 7.05 Å². The zero-order valence-corrected chi connectivity index (χ0v) is 17.9. The number of benzene rings is 1. The molecular weight excluding hydrogens is 424 g/mol. The number of thiophene rings is 1. The maximum atomic E-state index is 12.8. The van der Waals surface area contributed by atoms with Gasteiger partial charge in [-0.25, -0.2) is 17.9 Å². The zero-order valence-electron chi connectivity index (χ0n) is 16.2. The number of hydrogen-bond acceptors (Lipinski definition) is 6. The maximum Gasteiger partial charge on any atom is 0.419 e. The van der Waals surface area contributed by atoms with Gasteiger partial charge in [0.25, 0.3) is 0 Å². The van der Waals surface area contributed by atoms with Crippen LogP contribution in [0.5, 0.6) is 0 Å². The van der Waals surface area contributed by atoms with Crippen molar-refractivity contribution in [1.29, 1.82) is 0 Å². The quantitative estimate of drug-likeness (QED) is 0.473. The summed E-state index contributed by atoms with van der Waals surface area (Å²) in [5.74, 6) is -0.0204. The fraction of sp³-hybridized carbons (Fsp3) is 0.300. The summed E-state index contributed by atoms with van der Waals surface area (Å²) in [5, 5.41) is 6.72. The monoisotopic (exact) mass is 444 g/mol. The lowest BCUT2D eigenvalue weighted by Crippen LogP contribution is -2.28. The highest BCUT2D eigenvalue weighted by Gasteiger charge is 2.28. The molecule has 4 aromatic rings. The minimum atomic E-state index is -3.73. The standard InChI is InChI=1S/C20H20N4O4S2/c1-23-17-11-14(6-7-18(17)28-20(23)25)30(26,27)21-8-9-24-16(13-4-5-13)12-15(22-24)19-3-2-10-29-19/h2-3,6-7,10-13,21H,4-5,8-9H2,1H3. The van der Waals surface area contributed by atoms with E-state index in [-0.39, 0.29) is 11.4 Å². The predicted molar refractivity (Wildman–Crippen MR) is 114 cm³/mol. The summed E-state index contributed by atoms with van der Waals surface area (Å²) in [6.45, 7) is 0.666. The topological polar surface area (TPSA) is 99.1 Å². The first kappa shape index (κ1) is 19.3. The summed E-state index contributed by atoms with van der Waals surface area (Å²) in [6.07, 6.45) is 2.29. The van der Waals surface area contributed by atoms with Gasteiger partial charge in [-0.05, 0) is 48.6 Å². The molecule has 1 saturated carbocycles. The van der Waals surface area contributed by atoms with Gasteiger partial charge in [0, 0.05) is 25.2 Å². The van der Waals surface area contributed by atoms with Crippen molar-refractivity contribution in [3.8, 4) is 10.6 Å². The summed E-state index contributed by atoms with van der Waals surface area (Å²) in [4.78, 5) is 12.8. The molecule has 0 spiro atoms. The number of rotatable bonds is 7. The van der Waals surface area contributed by atoms with Crippen LogP contribution in [-0.4, -0.2) is 29.3 Å². The van der Waals surface area contributed by atoms with Crippen LogP contribution in [0.15, 0.2) is 55.9 Å². The third kappa shape index (κ3) is 3.51. The number of oxazole rings is 1. The molecule has 0 atom stereocenters. The van der Waals surface area contributed by atoms with Crippen LogP contribution in [0.4, 0.5) is 0 Å². The summed E-state index contributed by atoms with van der Waals surface area (Å²) in [5.41, 5.74) is 2.88. The van der Waals surface area contributed by atoms with Gasteiger partial charge in [-0.3, -0.25) is 9.25 Å². The number of aryl methyl sites for hydroxylation is 1. The fourth-order valence-electron chi connectivity index (χ4n) is 3.51. The van der Waals surface area contributed by atoms with E-state index in [0.29, 0.717) is 23.6 Å². The predicted octanol–water partition coefficient (Wildman–Crippen LogP) is 2.91. The van der Waals surface area contributed by atoms with E-state index in [1.165, 1.54) is 22.8 Å². The lowest BCUT2D eigenvalue weighted by molar-refractivity contribution is 0.528. The average Bonchev–Trinajstić information content (AvgIpc) is 3.12. The van der Waals surface area contributed by atoms with Crippen molar-refractivity contribution in [2.45, 2.75) is 30.2 Å². The number of sulfonamides is 1. The highest BCUT2D eigenvalue weighted by molar-refractivity contribution is 7.89. The van der Waals surface area contributed by atoms with Crippen LogP contribution in [0.25, 0.3) is 21.7 Å². The van der Waals surface area contributed by atoms with Crippen molar-refractivity contribution in [2.75, 3.05) is 6.54 Å². The molecule has 0 bridgehead atoms. The molecular formula is C20H20N4O4S2. The van der Waals surface area contributed by atoms with Crippen LogP contribution in [0, 0.1) is 0 Å². The number of fused-ring (bicyclic) bond motifs is 1. The van der Waals surface area contributed by atoms with Gasteiger partial charge in [-0.1, -0.05) is 6.07 Å². The molecule has 0 saturated heterocycles. The van der Waals surface area contributed by atoms with E-state index in [0.717, 1.165) is 29.1 Å². The van der Waals surface area contributed by atoms with Crippen LogP contribution in [0.1, 0.15) is 24.5 Å². The minimum Gasteiger partial charge on any atom is -0.408 e. The van der Waals surface area contributed by atoms with E-state index in [2.05, 4.69) is 10.8 Å². The number of nitrogens with zero attached hydrogens (tertiary/aromatic N) is 3. The maximum absolute atomic E-state index is 12.8. The van der Waals surface area contributed by atoms with Gasteiger partial charge in [0.1, 0.15) is 5.69 Å². The second-order valence-corrected chi connectivity index (χ2v) is 10.1. The smallest absolute Gasteiger partial charge is 0.408 e. The molecule has 3 heterocycles. The number of hydrogen-bond donors (Lipinski definition) is 1. The Morgan fingerprint density at radius 3 is 2.83 bits per heavy atom. The summed E-state index contributed by atoms with van der Waals surface area (Å²) >= 11 is 1.64. The van der Waals surface area contributed by atoms with Crippen LogP contribution in [0.2, 0.25) is 0 Å². The Morgan fingerprint density at radius 2 is 2.10 bits per heavy atom. The van der Waals surface area contributed by atoms with E-state index in [9.17, 15) is 13.2 Å². The molecule has 10 heteroatoms. The van der Waals surface area contributed by atoms with Crippen LogP contribution < -0.4 is 10.5 Å². The lowest BCUT2D eigenvalue weighted by atomic mass is 10.2. The molecule has 1 aromatic carbocycles. The largest absolute Gasteiger partial charge is 0.419 e. The highest BCUT2D eigenvalue weighted by atomic mass is 32.2. The molecule has 0 radical (unpaired) electrons. The molecule has 3 aromatic heterocycles. The van der Waals surface area contributed by atoms with Gasteiger partial charge in [0.15, 0.2) is 5.58 Å². The summed E-state index contributed by atoms with van der Waals surface area (Å²) in [6, 6.07) is 10.5. The first-order valence-corrected chi connectivity index (χ1v) is 12.0.